The molecule has 16 heavy (non-hydrogen) atoms. The molecule has 1 aromatic carbocycles. The maximum atomic E-state index is 5.20. The molecule has 1 N–H and O–H groups in total. The van der Waals surface area contributed by atoms with Crippen LogP contribution in [0.2, 0.25) is 0 Å². The lowest BCUT2D eigenvalue weighted by Crippen LogP contribution is -1.90. The lowest BCUT2D eigenvalue weighted by molar-refractivity contribution is 0.398. The Morgan fingerprint density at radius 2 is 2.00 bits per heavy atom. The van der Waals surface area contributed by atoms with Gasteiger partial charge in [0.25, 0.3) is 0 Å². The number of aromatic amines is 1. The van der Waals surface area contributed by atoms with Crippen LogP contribution in [-0.4, -0.2) is 17.1 Å². The number of fused-ring (bicyclic) bond motifs is 3. The molecule has 0 saturated carbocycles. The van der Waals surface area contributed by atoms with Crippen molar-refractivity contribution in [2.45, 2.75) is 6.92 Å². The highest BCUT2D eigenvalue weighted by atomic mass is 16.5. The van der Waals surface area contributed by atoms with E-state index in [-0.39, 0.29) is 0 Å². The van der Waals surface area contributed by atoms with Crippen molar-refractivity contribution in [1.29, 1.82) is 0 Å². The van der Waals surface area contributed by atoms with Crippen molar-refractivity contribution >= 4 is 21.8 Å². The minimum atomic E-state index is 0.662. The summed E-state index contributed by atoms with van der Waals surface area (Å²) >= 11 is 0. The molecule has 0 radical (unpaired) electrons. The van der Waals surface area contributed by atoms with E-state index in [1.54, 1.807) is 7.11 Å². The maximum absolute atomic E-state index is 5.20. The Morgan fingerprint density at radius 1 is 1.19 bits per heavy atom. The van der Waals surface area contributed by atoms with Crippen LogP contribution < -0.4 is 4.74 Å². The number of rotatable bonds is 1. The second-order valence-corrected chi connectivity index (χ2v) is 3.84. The molecule has 0 aliphatic heterocycles. The van der Waals surface area contributed by atoms with E-state index in [1.165, 1.54) is 10.8 Å². The monoisotopic (exact) mass is 212 g/mol. The molecular weight excluding hydrogens is 200 g/mol. The van der Waals surface area contributed by atoms with E-state index in [9.17, 15) is 0 Å². The molecule has 3 aromatic rings. The van der Waals surface area contributed by atoms with Gasteiger partial charge in [-0.25, -0.2) is 4.98 Å². The number of nitrogens with zero attached hydrogens (tertiary/aromatic N) is 1. The Kier molecular flexibility index (Phi) is 1.86. The summed E-state index contributed by atoms with van der Waals surface area (Å²) in [6.07, 6.45) is 0. The van der Waals surface area contributed by atoms with Crippen LogP contribution in [0.4, 0.5) is 0 Å². The molecule has 0 unspecified atom stereocenters. The van der Waals surface area contributed by atoms with Crippen molar-refractivity contribution in [3.05, 3.63) is 36.0 Å². The predicted molar refractivity (Wildman–Crippen MR) is 64.9 cm³/mol. The number of pyridine rings is 1. The summed E-state index contributed by atoms with van der Waals surface area (Å²) in [5, 5.41) is 2.38. The number of hydrogen-bond donors (Lipinski definition) is 1. The normalized spacial score (nSPS) is 11.1. The molecule has 0 amide bonds. The molecule has 0 spiro atoms. The van der Waals surface area contributed by atoms with Gasteiger partial charge in [-0.3, -0.25) is 0 Å². The lowest BCUT2D eigenvalue weighted by atomic mass is 10.2. The summed E-state index contributed by atoms with van der Waals surface area (Å²) in [6.45, 7) is 1.99. The van der Waals surface area contributed by atoms with Gasteiger partial charge in [-0.15, -0.1) is 0 Å². The van der Waals surface area contributed by atoms with Crippen LogP contribution in [0.5, 0.6) is 5.88 Å². The molecule has 0 atom stereocenters. The van der Waals surface area contributed by atoms with E-state index >= 15 is 0 Å². The lowest BCUT2D eigenvalue weighted by Gasteiger charge is -2.01. The van der Waals surface area contributed by atoms with Crippen molar-refractivity contribution in [2.24, 2.45) is 0 Å². The zero-order chi connectivity index (χ0) is 11.1. The standard InChI is InChI=1S/C13H12N2O/c1-8-13-10(7-12(14-8)16-2)9-5-3-4-6-11(9)15-13/h3-7,15H,1-2H3. The number of benzene rings is 1. The van der Waals surface area contributed by atoms with Gasteiger partial charge in [0.05, 0.1) is 18.3 Å². The first kappa shape index (κ1) is 9.21. The van der Waals surface area contributed by atoms with E-state index in [2.05, 4.69) is 22.1 Å². The van der Waals surface area contributed by atoms with Gasteiger partial charge >= 0.3 is 0 Å². The molecular formula is C13H12N2O. The molecule has 80 valence electrons. The number of methoxy groups -OCH3 is 1. The Hall–Kier alpha value is -2.03. The van der Waals surface area contributed by atoms with Crippen LogP contribution in [0.3, 0.4) is 0 Å². The third-order valence-electron chi connectivity index (χ3n) is 2.86. The summed E-state index contributed by atoms with van der Waals surface area (Å²) in [6, 6.07) is 10.2. The van der Waals surface area contributed by atoms with Crippen molar-refractivity contribution in [2.75, 3.05) is 7.11 Å². The Balaban J connectivity index is 2.51. The first-order valence-electron chi connectivity index (χ1n) is 5.21. The van der Waals surface area contributed by atoms with Gasteiger partial charge in [0.1, 0.15) is 0 Å². The highest BCUT2D eigenvalue weighted by Gasteiger charge is 2.08. The molecule has 0 fully saturated rings. The van der Waals surface area contributed by atoms with Crippen LogP contribution >= 0.6 is 0 Å². The highest BCUT2D eigenvalue weighted by molar-refractivity contribution is 6.08. The fraction of sp³-hybridized carbons (Fsp3) is 0.154. The second kappa shape index (κ2) is 3.23. The predicted octanol–water partition coefficient (Wildman–Crippen LogP) is 3.03. The number of aromatic nitrogens is 2. The topological polar surface area (TPSA) is 37.9 Å². The van der Waals surface area contributed by atoms with Crippen LogP contribution in [0.25, 0.3) is 21.8 Å². The molecule has 0 aliphatic rings. The SMILES string of the molecule is COc1cc2c([nH]c3ccccc32)c(C)n1. The van der Waals surface area contributed by atoms with Gasteiger partial charge in [0.15, 0.2) is 0 Å². The number of nitrogens with one attached hydrogen (secondary N) is 1. The summed E-state index contributed by atoms with van der Waals surface area (Å²) in [7, 11) is 1.64. The average molecular weight is 212 g/mol. The second-order valence-electron chi connectivity index (χ2n) is 3.84. The first-order valence-corrected chi connectivity index (χ1v) is 5.21. The maximum Gasteiger partial charge on any atom is 0.213 e. The van der Waals surface area contributed by atoms with Crippen LogP contribution in [0.15, 0.2) is 30.3 Å². The number of para-hydroxylation sites is 1. The summed E-state index contributed by atoms with van der Waals surface area (Å²) in [5.41, 5.74) is 3.18. The molecule has 3 nitrogen and oxygen atoms in total. The van der Waals surface area contributed by atoms with E-state index in [0.29, 0.717) is 5.88 Å². The van der Waals surface area contributed by atoms with E-state index < -0.39 is 0 Å². The number of H-pyrrole nitrogens is 1. The number of aryl methyl sites for hydroxylation is 1. The Labute approximate surface area is 93.1 Å². The van der Waals surface area contributed by atoms with Crippen LogP contribution in [0, 0.1) is 6.92 Å². The molecule has 3 heteroatoms. The Bertz CT molecular complexity index is 670. The third-order valence-corrected chi connectivity index (χ3v) is 2.86. The van der Waals surface area contributed by atoms with Crippen LogP contribution in [0.1, 0.15) is 5.69 Å². The molecule has 0 saturated heterocycles. The highest BCUT2D eigenvalue weighted by Crippen LogP contribution is 2.28. The van der Waals surface area contributed by atoms with Gasteiger partial charge in [0.2, 0.25) is 5.88 Å². The largest absolute Gasteiger partial charge is 0.481 e. The summed E-state index contributed by atoms with van der Waals surface area (Å²) < 4.78 is 5.20. The first-order chi connectivity index (χ1) is 7.79. The van der Waals surface area contributed by atoms with E-state index in [1.807, 2.05) is 25.1 Å². The van der Waals surface area contributed by atoms with Gasteiger partial charge in [-0.1, -0.05) is 18.2 Å². The fourth-order valence-corrected chi connectivity index (χ4v) is 2.08. The van der Waals surface area contributed by atoms with Crippen molar-refractivity contribution in [3.8, 4) is 5.88 Å². The van der Waals surface area contributed by atoms with Crippen LogP contribution in [-0.2, 0) is 0 Å². The molecule has 3 rings (SSSR count). The van der Waals surface area contributed by atoms with Gasteiger partial charge in [0, 0.05) is 22.4 Å². The molecule has 0 bridgehead atoms. The number of hydrogen-bond acceptors (Lipinski definition) is 2. The van der Waals surface area contributed by atoms with E-state index in [4.69, 9.17) is 4.74 Å². The summed E-state index contributed by atoms with van der Waals surface area (Å²) in [4.78, 5) is 7.74. The quantitative estimate of drug-likeness (QED) is 0.673. The van der Waals surface area contributed by atoms with Gasteiger partial charge in [-0.05, 0) is 13.0 Å². The smallest absolute Gasteiger partial charge is 0.213 e. The molecule has 2 heterocycles. The van der Waals surface area contributed by atoms with Gasteiger partial charge < -0.3 is 9.72 Å². The zero-order valence-electron chi connectivity index (χ0n) is 9.24. The molecule has 0 aliphatic carbocycles. The van der Waals surface area contributed by atoms with E-state index in [0.717, 1.165) is 16.7 Å². The minimum absolute atomic E-state index is 0.662. The van der Waals surface area contributed by atoms with Crippen molar-refractivity contribution < 1.29 is 4.74 Å². The minimum Gasteiger partial charge on any atom is -0.481 e. The van der Waals surface area contributed by atoms with Crippen molar-refractivity contribution in [3.63, 3.8) is 0 Å². The summed E-state index contributed by atoms with van der Waals surface area (Å²) in [5.74, 6) is 0.662. The van der Waals surface area contributed by atoms with Crippen molar-refractivity contribution in [1.82, 2.24) is 9.97 Å². The Morgan fingerprint density at radius 3 is 2.81 bits per heavy atom. The average Bonchev–Trinajstić information content (AvgIpc) is 2.68. The third kappa shape index (κ3) is 1.18. The molecule has 2 aromatic heterocycles. The fourth-order valence-electron chi connectivity index (χ4n) is 2.08. The van der Waals surface area contributed by atoms with Gasteiger partial charge in [-0.2, -0.15) is 0 Å². The number of ether oxygens (including phenoxy) is 1. The zero-order valence-corrected chi connectivity index (χ0v) is 9.24.